The monoisotopic (exact) mass is 337 g/mol. The Bertz CT molecular complexity index is 729. The number of esters is 1. The summed E-state index contributed by atoms with van der Waals surface area (Å²) in [5.74, 6) is -0.960. The predicted molar refractivity (Wildman–Crippen MR) is 83.7 cm³/mol. The van der Waals surface area contributed by atoms with Crippen LogP contribution in [-0.4, -0.2) is 17.6 Å². The van der Waals surface area contributed by atoms with Crippen LogP contribution in [-0.2, 0) is 10.9 Å². The molecule has 1 aromatic carbocycles. The molecule has 128 valence electrons. The van der Waals surface area contributed by atoms with Crippen LogP contribution in [0.25, 0.3) is 11.1 Å². The Hall–Kier alpha value is -2.24. The van der Waals surface area contributed by atoms with Gasteiger partial charge in [-0.15, -0.1) is 0 Å². The molecule has 1 fully saturated rings. The number of aromatic nitrogens is 1. The van der Waals surface area contributed by atoms with Crippen LogP contribution < -0.4 is 0 Å². The van der Waals surface area contributed by atoms with Crippen molar-refractivity contribution in [3.63, 3.8) is 0 Å². The van der Waals surface area contributed by atoms with Gasteiger partial charge in [-0.25, -0.2) is 4.79 Å². The van der Waals surface area contributed by atoms with Crippen molar-refractivity contribution >= 4 is 5.97 Å². The smallest absolute Gasteiger partial charge is 0.432 e. The minimum absolute atomic E-state index is 0.234. The Labute approximate surface area is 138 Å². The van der Waals surface area contributed by atoms with Gasteiger partial charge in [0.05, 0.1) is 12.7 Å². The van der Waals surface area contributed by atoms with E-state index in [4.69, 9.17) is 0 Å². The number of carbonyl (C=O) groups is 1. The van der Waals surface area contributed by atoms with E-state index in [-0.39, 0.29) is 11.6 Å². The summed E-state index contributed by atoms with van der Waals surface area (Å²) in [7, 11) is 1.10. The molecule has 0 atom stereocenters. The van der Waals surface area contributed by atoms with E-state index in [1.54, 1.807) is 30.3 Å². The Morgan fingerprint density at radius 2 is 1.79 bits per heavy atom. The molecule has 24 heavy (non-hydrogen) atoms. The van der Waals surface area contributed by atoms with Gasteiger partial charge in [-0.1, -0.05) is 43.2 Å². The summed E-state index contributed by atoms with van der Waals surface area (Å²) < 4.78 is 47.2. The van der Waals surface area contributed by atoms with E-state index in [0.717, 1.165) is 20.0 Å². The fourth-order valence-electron chi connectivity index (χ4n) is 3.43. The standard InChI is InChI=1S/C18H18F3NO2/c1-24-17(23)15-14(12-7-3-2-4-8-12)11-22(13-9-5-6-10-13)16(15)18(19,20)21/h2-4,7-8,11,13H,5-6,9-10H2,1H3. The van der Waals surface area contributed by atoms with Gasteiger partial charge in [0.1, 0.15) is 5.69 Å². The molecule has 0 bridgehead atoms. The highest BCUT2D eigenvalue weighted by molar-refractivity contribution is 5.99. The molecule has 1 aliphatic rings. The van der Waals surface area contributed by atoms with E-state index in [1.165, 1.54) is 10.8 Å². The van der Waals surface area contributed by atoms with Crippen LogP contribution in [0.2, 0.25) is 0 Å². The Kier molecular flexibility index (Phi) is 4.39. The number of halogens is 3. The third-order valence-corrected chi connectivity index (χ3v) is 4.49. The highest BCUT2D eigenvalue weighted by Crippen LogP contribution is 2.43. The van der Waals surface area contributed by atoms with Gasteiger partial charge in [0.25, 0.3) is 0 Å². The fourth-order valence-corrected chi connectivity index (χ4v) is 3.43. The van der Waals surface area contributed by atoms with E-state index in [1.807, 2.05) is 0 Å². The van der Waals surface area contributed by atoms with Crippen molar-refractivity contribution in [2.24, 2.45) is 0 Å². The number of alkyl halides is 3. The normalized spacial score (nSPS) is 15.7. The minimum atomic E-state index is -4.63. The number of hydrogen-bond donors (Lipinski definition) is 0. The summed E-state index contributed by atoms with van der Waals surface area (Å²) >= 11 is 0. The van der Waals surface area contributed by atoms with Crippen molar-refractivity contribution in [2.75, 3.05) is 7.11 Å². The number of rotatable bonds is 3. The second-order valence-electron chi connectivity index (χ2n) is 5.97. The zero-order valence-electron chi connectivity index (χ0n) is 13.3. The van der Waals surface area contributed by atoms with Gasteiger partial charge in [0.15, 0.2) is 0 Å². The summed E-state index contributed by atoms with van der Waals surface area (Å²) in [6, 6.07) is 8.40. The first kappa shape index (κ1) is 16.6. The van der Waals surface area contributed by atoms with Crippen LogP contribution in [0.1, 0.15) is 47.8 Å². The molecule has 0 N–H and O–H groups in total. The average Bonchev–Trinajstić information content (AvgIpc) is 3.21. The van der Waals surface area contributed by atoms with E-state index in [9.17, 15) is 18.0 Å². The molecule has 0 spiro atoms. The number of ether oxygens (including phenoxy) is 1. The molecule has 3 nitrogen and oxygen atoms in total. The molecule has 1 heterocycles. The molecule has 6 heteroatoms. The molecule has 3 rings (SSSR count). The van der Waals surface area contributed by atoms with Gasteiger partial charge in [-0.3, -0.25) is 0 Å². The lowest BCUT2D eigenvalue weighted by atomic mass is 10.0. The summed E-state index contributed by atoms with van der Waals surface area (Å²) in [5, 5.41) is 0. The molecule has 0 amide bonds. The van der Waals surface area contributed by atoms with Gasteiger partial charge in [0.2, 0.25) is 0 Å². The number of nitrogens with zero attached hydrogens (tertiary/aromatic N) is 1. The first-order valence-electron chi connectivity index (χ1n) is 7.89. The SMILES string of the molecule is COC(=O)c1c(-c2ccccc2)cn(C2CCCC2)c1C(F)(F)F. The first-order chi connectivity index (χ1) is 11.4. The lowest BCUT2D eigenvalue weighted by Gasteiger charge is -2.18. The molecular formula is C18H18F3NO2. The molecular weight excluding hydrogens is 319 g/mol. The molecule has 0 saturated heterocycles. The van der Waals surface area contributed by atoms with Crippen LogP contribution >= 0.6 is 0 Å². The molecule has 1 aromatic heterocycles. The Balaban J connectivity index is 2.27. The van der Waals surface area contributed by atoms with Crippen molar-refractivity contribution in [3.8, 4) is 11.1 Å². The maximum Gasteiger partial charge on any atom is 0.432 e. The van der Waals surface area contributed by atoms with Crippen molar-refractivity contribution in [2.45, 2.75) is 37.9 Å². The molecule has 0 unspecified atom stereocenters. The van der Waals surface area contributed by atoms with Crippen LogP contribution in [0, 0.1) is 0 Å². The zero-order valence-corrected chi connectivity index (χ0v) is 13.3. The van der Waals surface area contributed by atoms with Crippen LogP contribution in [0.4, 0.5) is 13.2 Å². The van der Waals surface area contributed by atoms with Gasteiger partial charge in [0, 0.05) is 17.8 Å². The topological polar surface area (TPSA) is 31.2 Å². The van der Waals surface area contributed by atoms with Crippen molar-refractivity contribution in [1.82, 2.24) is 4.57 Å². The van der Waals surface area contributed by atoms with Crippen LogP contribution in [0.5, 0.6) is 0 Å². The molecule has 1 saturated carbocycles. The summed E-state index contributed by atoms with van der Waals surface area (Å²) in [4.78, 5) is 12.2. The lowest BCUT2D eigenvalue weighted by Crippen LogP contribution is -2.20. The fraction of sp³-hybridized carbons (Fsp3) is 0.389. The zero-order chi connectivity index (χ0) is 17.3. The minimum Gasteiger partial charge on any atom is -0.465 e. The van der Waals surface area contributed by atoms with Crippen molar-refractivity contribution in [1.29, 1.82) is 0 Å². The largest absolute Gasteiger partial charge is 0.465 e. The van der Waals surface area contributed by atoms with E-state index in [2.05, 4.69) is 4.74 Å². The van der Waals surface area contributed by atoms with E-state index < -0.39 is 23.4 Å². The maximum absolute atomic E-state index is 13.8. The highest BCUT2D eigenvalue weighted by atomic mass is 19.4. The van der Waals surface area contributed by atoms with Crippen molar-refractivity contribution < 1.29 is 22.7 Å². The van der Waals surface area contributed by atoms with Gasteiger partial charge >= 0.3 is 12.1 Å². The molecule has 0 radical (unpaired) electrons. The van der Waals surface area contributed by atoms with E-state index in [0.29, 0.717) is 18.4 Å². The summed E-state index contributed by atoms with van der Waals surface area (Å²) in [6.45, 7) is 0. The average molecular weight is 337 g/mol. The summed E-state index contributed by atoms with van der Waals surface area (Å²) in [5.41, 5.74) is -0.468. The number of benzene rings is 1. The Morgan fingerprint density at radius 3 is 2.33 bits per heavy atom. The molecule has 0 aliphatic heterocycles. The maximum atomic E-state index is 13.8. The second kappa shape index (κ2) is 6.34. The third kappa shape index (κ3) is 2.92. The third-order valence-electron chi connectivity index (χ3n) is 4.49. The molecule has 1 aliphatic carbocycles. The van der Waals surface area contributed by atoms with Gasteiger partial charge in [-0.2, -0.15) is 13.2 Å². The lowest BCUT2D eigenvalue weighted by molar-refractivity contribution is -0.144. The highest BCUT2D eigenvalue weighted by Gasteiger charge is 2.43. The first-order valence-corrected chi connectivity index (χ1v) is 7.89. The van der Waals surface area contributed by atoms with Crippen LogP contribution in [0.3, 0.4) is 0 Å². The van der Waals surface area contributed by atoms with Gasteiger partial charge < -0.3 is 9.30 Å². The Morgan fingerprint density at radius 1 is 1.17 bits per heavy atom. The predicted octanol–water partition coefficient (Wildman–Crippen LogP) is 5.08. The quantitative estimate of drug-likeness (QED) is 0.732. The van der Waals surface area contributed by atoms with E-state index >= 15 is 0 Å². The summed E-state index contributed by atoms with van der Waals surface area (Å²) in [6.07, 6.45) is 0.00148. The number of hydrogen-bond acceptors (Lipinski definition) is 2. The second-order valence-corrected chi connectivity index (χ2v) is 5.97. The van der Waals surface area contributed by atoms with Gasteiger partial charge in [-0.05, 0) is 18.4 Å². The molecule has 2 aromatic rings. The number of carbonyl (C=O) groups excluding carboxylic acids is 1. The van der Waals surface area contributed by atoms with Crippen molar-refractivity contribution in [3.05, 3.63) is 47.8 Å². The number of methoxy groups -OCH3 is 1. The van der Waals surface area contributed by atoms with Crippen LogP contribution in [0.15, 0.2) is 36.5 Å².